The van der Waals surface area contributed by atoms with Crippen LogP contribution in [0.25, 0.3) is 10.9 Å². The van der Waals surface area contributed by atoms with Crippen molar-refractivity contribution in [2.45, 2.75) is 26.8 Å². The third-order valence-electron chi connectivity index (χ3n) is 5.79. The van der Waals surface area contributed by atoms with Gasteiger partial charge in [0.15, 0.2) is 0 Å². The van der Waals surface area contributed by atoms with Crippen molar-refractivity contribution < 1.29 is 4.79 Å². The first-order chi connectivity index (χ1) is 15.4. The van der Waals surface area contributed by atoms with E-state index >= 15 is 0 Å². The zero-order chi connectivity index (χ0) is 22.7. The Morgan fingerprint density at radius 2 is 1.62 bits per heavy atom. The average molecular weight is 445 g/mol. The number of nitrogens with zero attached hydrogens (tertiary/aromatic N) is 1. The van der Waals surface area contributed by atoms with Crippen LogP contribution in [-0.4, -0.2) is 22.3 Å². The number of pyridine rings is 1. The van der Waals surface area contributed by atoms with Gasteiger partial charge in [-0.25, -0.2) is 0 Å². The van der Waals surface area contributed by atoms with Gasteiger partial charge >= 0.3 is 0 Å². The van der Waals surface area contributed by atoms with Gasteiger partial charge in [-0.15, -0.1) is 0 Å². The summed E-state index contributed by atoms with van der Waals surface area (Å²) in [4.78, 5) is 31.1. The van der Waals surface area contributed by atoms with E-state index in [2.05, 4.69) is 4.98 Å². The zero-order valence-electron chi connectivity index (χ0n) is 18.2. The van der Waals surface area contributed by atoms with Crippen LogP contribution >= 0.6 is 11.6 Å². The number of carbonyl (C=O) groups excluding carboxylic acids is 1. The third kappa shape index (κ3) is 4.61. The van der Waals surface area contributed by atoms with Gasteiger partial charge in [0.05, 0.1) is 22.6 Å². The molecule has 0 saturated heterocycles. The van der Waals surface area contributed by atoms with Crippen LogP contribution < -0.4 is 5.56 Å². The molecule has 32 heavy (non-hydrogen) atoms. The molecule has 0 radical (unpaired) electrons. The van der Waals surface area contributed by atoms with Gasteiger partial charge in [-0.1, -0.05) is 66.2 Å². The second-order valence-corrected chi connectivity index (χ2v) is 8.46. The Hall–Kier alpha value is -3.37. The second kappa shape index (κ2) is 9.41. The molecule has 0 aliphatic heterocycles. The van der Waals surface area contributed by atoms with Crippen LogP contribution in [0.5, 0.6) is 0 Å². The normalized spacial score (nSPS) is 11.0. The van der Waals surface area contributed by atoms with E-state index < -0.39 is 0 Å². The zero-order valence-corrected chi connectivity index (χ0v) is 18.9. The molecule has 4 rings (SSSR count). The SMILES string of the molecule is Cc1ccc(C)c2[nH]c(=O)c(CN(CCc3ccccc3)C(=O)c3ccccc3Cl)cc12. The second-order valence-electron chi connectivity index (χ2n) is 8.05. The van der Waals surface area contributed by atoms with Gasteiger partial charge in [0.2, 0.25) is 0 Å². The minimum absolute atomic E-state index is 0.178. The first kappa shape index (κ1) is 21.8. The molecule has 0 bridgehead atoms. The average Bonchev–Trinajstić information content (AvgIpc) is 2.80. The molecular weight excluding hydrogens is 420 g/mol. The first-order valence-corrected chi connectivity index (χ1v) is 11.0. The largest absolute Gasteiger partial charge is 0.334 e. The van der Waals surface area contributed by atoms with Crippen LogP contribution in [0.2, 0.25) is 5.02 Å². The van der Waals surface area contributed by atoms with E-state index in [-0.39, 0.29) is 18.0 Å². The molecule has 1 amide bonds. The van der Waals surface area contributed by atoms with Crippen molar-refractivity contribution >= 4 is 28.4 Å². The van der Waals surface area contributed by atoms with Crippen molar-refractivity contribution in [3.8, 4) is 0 Å². The smallest absolute Gasteiger partial charge is 0.255 e. The third-order valence-corrected chi connectivity index (χ3v) is 6.12. The van der Waals surface area contributed by atoms with E-state index in [9.17, 15) is 9.59 Å². The van der Waals surface area contributed by atoms with Crippen molar-refractivity contribution in [1.82, 2.24) is 9.88 Å². The molecular formula is C27H25ClN2O2. The lowest BCUT2D eigenvalue weighted by molar-refractivity contribution is 0.0744. The highest BCUT2D eigenvalue weighted by Crippen LogP contribution is 2.22. The lowest BCUT2D eigenvalue weighted by atomic mass is 10.0. The van der Waals surface area contributed by atoms with Crippen molar-refractivity contribution in [2.24, 2.45) is 0 Å². The van der Waals surface area contributed by atoms with Crippen molar-refractivity contribution in [3.05, 3.63) is 116 Å². The van der Waals surface area contributed by atoms with Gasteiger partial charge in [-0.3, -0.25) is 9.59 Å². The fourth-order valence-corrected chi connectivity index (χ4v) is 4.12. The van der Waals surface area contributed by atoms with Crippen LogP contribution in [-0.2, 0) is 13.0 Å². The number of fused-ring (bicyclic) bond motifs is 1. The Morgan fingerprint density at radius 3 is 2.38 bits per heavy atom. The van der Waals surface area contributed by atoms with Crippen LogP contribution in [0, 0.1) is 13.8 Å². The monoisotopic (exact) mass is 444 g/mol. The fourth-order valence-electron chi connectivity index (χ4n) is 3.91. The topological polar surface area (TPSA) is 53.2 Å². The molecule has 162 valence electrons. The first-order valence-electron chi connectivity index (χ1n) is 10.6. The minimum Gasteiger partial charge on any atom is -0.334 e. The minimum atomic E-state index is -0.188. The number of carbonyl (C=O) groups is 1. The molecule has 0 spiro atoms. The Bertz CT molecular complexity index is 1330. The maximum atomic E-state index is 13.4. The summed E-state index contributed by atoms with van der Waals surface area (Å²) in [7, 11) is 0. The molecule has 3 aromatic carbocycles. The number of hydrogen-bond acceptors (Lipinski definition) is 2. The molecule has 0 unspecified atom stereocenters. The molecule has 0 aliphatic carbocycles. The van der Waals surface area contributed by atoms with Gasteiger partial charge in [-0.2, -0.15) is 0 Å². The lowest BCUT2D eigenvalue weighted by Crippen LogP contribution is -2.34. The highest BCUT2D eigenvalue weighted by Gasteiger charge is 2.20. The molecule has 4 nitrogen and oxygen atoms in total. The number of hydrogen-bond donors (Lipinski definition) is 1. The van der Waals surface area contributed by atoms with E-state index in [0.717, 1.165) is 27.6 Å². The summed E-state index contributed by atoms with van der Waals surface area (Å²) in [6.07, 6.45) is 0.681. The molecule has 0 atom stereocenters. The van der Waals surface area contributed by atoms with E-state index in [1.165, 1.54) is 0 Å². The Kier molecular flexibility index (Phi) is 6.42. The number of aromatic amines is 1. The summed E-state index contributed by atoms with van der Waals surface area (Å²) in [5.74, 6) is -0.188. The van der Waals surface area contributed by atoms with E-state index in [1.54, 1.807) is 29.2 Å². The van der Waals surface area contributed by atoms with Gasteiger partial charge < -0.3 is 9.88 Å². The lowest BCUT2D eigenvalue weighted by Gasteiger charge is -2.23. The number of rotatable bonds is 6. The molecule has 0 aliphatic rings. The number of H-pyrrole nitrogens is 1. The van der Waals surface area contributed by atoms with Crippen LogP contribution in [0.4, 0.5) is 0 Å². The summed E-state index contributed by atoms with van der Waals surface area (Å²) >= 11 is 6.32. The highest BCUT2D eigenvalue weighted by atomic mass is 35.5. The molecule has 0 saturated carbocycles. The standard InChI is InChI=1S/C27H25ClN2O2/c1-18-12-13-19(2)25-23(18)16-21(26(31)29-25)17-30(15-14-20-8-4-3-5-9-20)27(32)22-10-6-7-11-24(22)28/h3-13,16H,14-15,17H2,1-2H3,(H,29,31). The molecule has 1 N–H and O–H groups in total. The maximum absolute atomic E-state index is 13.4. The molecule has 4 aromatic rings. The molecule has 1 aromatic heterocycles. The van der Waals surface area contributed by atoms with Crippen LogP contribution in [0.1, 0.15) is 32.6 Å². The number of amides is 1. The van der Waals surface area contributed by atoms with E-state index in [1.807, 2.05) is 62.4 Å². The van der Waals surface area contributed by atoms with Gasteiger partial charge in [-0.05, 0) is 55.2 Å². The summed E-state index contributed by atoms with van der Waals surface area (Å²) < 4.78 is 0. The summed E-state index contributed by atoms with van der Waals surface area (Å²) in [6.45, 7) is 4.67. The van der Waals surface area contributed by atoms with Crippen molar-refractivity contribution in [1.29, 1.82) is 0 Å². The predicted molar refractivity (Wildman–Crippen MR) is 130 cm³/mol. The Labute approximate surface area is 192 Å². The van der Waals surface area contributed by atoms with Crippen LogP contribution in [0.3, 0.4) is 0 Å². The van der Waals surface area contributed by atoms with Crippen molar-refractivity contribution in [2.75, 3.05) is 6.54 Å². The van der Waals surface area contributed by atoms with Gasteiger partial charge in [0.25, 0.3) is 11.5 Å². The van der Waals surface area contributed by atoms with Gasteiger partial charge in [0, 0.05) is 17.5 Å². The number of aromatic nitrogens is 1. The summed E-state index contributed by atoms with van der Waals surface area (Å²) in [5, 5.41) is 1.40. The fraction of sp³-hybridized carbons (Fsp3) is 0.185. The quantitative estimate of drug-likeness (QED) is 0.415. The predicted octanol–water partition coefficient (Wildman–Crippen LogP) is 5.68. The van der Waals surface area contributed by atoms with E-state index in [0.29, 0.717) is 29.1 Å². The van der Waals surface area contributed by atoms with E-state index in [4.69, 9.17) is 11.6 Å². The van der Waals surface area contributed by atoms with Crippen molar-refractivity contribution in [3.63, 3.8) is 0 Å². The summed E-state index contributed by atoms with van der Waals surface area (Å²) in [5.41, 5.74) is 4.88. The van der Waals surface area contributed by atoms with Gasteiger partial charge in [0.1, 0.15) is 0 Å². The summed E-state index contributed by atoms with van der Waals surface area (Å²) in [6, 6.07) is 23.0. The number of nitrogens with one attached hydrogen (secondary N) is 1. The number of aryl methyl sites for hydroxylation is 2. The Morgan fingerprint density at radius 1 is 0.938 bits per heavy atom. The molecule has 5 heteroatoms. The number of halogens is 1. The highest BCUT2D eigenvalue weighted by molar-refractivity contribution is 6.33. The number of benzene rings is 3. The molecule has 1 heterocycles. The maximum Gasteiger partial charge on any atom is 0.255 e. The molecule has 0 fully saturated rings. The Balaban J connectivity index is 1.70. The van der Waals surface area contributed by atoms with Crippen LogP contribution in [0.15, 0.2) is 77.6 Å².